The molecule has 0 radical (unpaired) electrons. The van der Waals surface area contributed by atoms with E-state index in [2.05, 4.69) is 0 Å². The van der Waals surface area contributed by atoms with Crippen molar-refractivity contribution in [3.8, 4) is 5.75 Å². The van der Waals surface area contributed by atoms with Crippen LogP contribution in [-0.2, 0) is 6.42 Å². The molecular weight excluding hydrogens is 244 g/mol. The summed E-state index contributed by atoms with van der Waals surface area (Å²) in [5.74, 6) is 0.939. The summed E-state index contributed by atoms with van der Waals surface area (Å²) in [7, 11) is 1.63. The maximum Gasteiger partial charge on any atom is 0.177 e. The van der Waals surface area contributed by atoms with Crippen LogP contribution < -0.4 is 4.74 Å². The minimum atomic E-state index is 0.159. The minimum Gasteiger partial charge on any atom is -0.496 e. The number of ketones is 1. The fourth-order valence-electron chi connectivity index (χ4n) is 1.96. The van der Waals surface area contributed by atoms with Crippen LogP contribution in [0.4, 0.5) is 0 Å². The van der Waals surface area contributed by atoms with Crippen LogP contribution in [0.2, 0.25) is 0 Å². The predicted molar refractivity (Wildman–Crippen MR) is 74.8 cm³/mol. The van der Waals surface area contributed by atoms with Gasteiger partial charge in [0.15, 0.2) is 5.78 Å². The van der Waals surface area contributed by atoms with E-state index in [0.717, 1.165) is 27.3 Å². The maximum atomic E-state index is 12.2. The number of carbonyl (C=O) groups excluding carboxylic acids is 1. The average Bonchev–Trinajstić information content (AvgIpc) is 2.76. The third-order valence-electron chi connectivity index (χ3n) is 2.90. The first-order valence-corrected chi connectivity index (χ1v) is 6.70. The second-order valence-electron chi connectivity index (χ2n) is 4.35. The largest absolute Gasteiger partial charge is 0.496 e. The highest BCUT2D eigenvalue weighted by Crippen LogP contribution is 2.24. The Bertz CT molecular complexity index is 570. The summed E-state index contributed by atoms with van der Waals surface area (Å²) in [5, 5.41) is 1.95. The Morgan fingerprint density at radius 2 is 2.06 bits per heavy atom. The lowest BCUT2D eigenvalue weighted by atomic mass is 10.0. The Hall–Kier alpha value is -1.61. The van der Waals surface area contributed by atoms with E-state index in [9.17, 15) is 4.79 Å². The van der Waals surface area contributed by atoms with E-state index < -0.39 is 0 Å². The van der Waals surface area contributed by atoms with Crippen LogP contribution in [0.25, 0.3) is 0 Å². The SMILES string of the molecule is COc1ccc(C)cc1CC(=O)c1sccc1C. The molecule has 0 unspecified atom stereocenters. The molecule has 2 aromatic rings. The lowest BCUT2D eigenvalue weighted by Gasteiger charge is -2.08. The van der Waals surface area contributed by atoms with Crippen molar-refractivity contribution in [2.24, 2.45) is 0 Å². The number of hydrogen-bond acceptors (Lipinski definition) is 3. The minimum absolute atomic E-state index is 0.159. The van der Waals surface area contributed by atoms with Gasteiger partial charge in [0.05, 0.1) is 12.0 Å². The van der Waals surface area contributed by atoms with Gasteiger partial charge in [0.1, 0.15) is 5.75 Å². The average molecular weight is 260 g/mol. The number of benzene rings is 1. The second kappa shape index (κ2) is 5.36. The lowest BCUT2D eigenvalue weighted by Crippen LogP contribution is -2.04. The molecule has 0 amide bonds. The molecule has 0 aliphatic carbocycles. The molecule has 1 aromatic heterocycles. The third kappa shape index (κ3) is 2.62. The van der Waals surface area contributed by atoms with Gasteiger partial charge in [-0.2, -0.15) is 0 Å². The van der Waals surface area contributed by atoms with Crippen LogP contribution >= 0.6 is 11.3 Å². The molecule has 0 fully saturated rings. The van der Waals surface area contributed by atoms with Crippen molar-refractivity contribution in [2.45, 2.75) is 20.3 Å². The molecule has 2 rings (SSSR count). The van der Waals surface area contributed by atoms with E-state index in [1.807, 2.05) is 43.5 Å². The fourth-order valence-corrected chi connectivity index (χ4v) is 2.82. The molecule has 0 aliphatic rings. The van der Waals surface area contributed by atoms with Crippen LogP contribution in [0.15, 0.2) is 29.6 Å². The van der Waals surface area contributed by atoms with Crippen molar-refractivity contribution in [1.82, 2.24) is 0 Å². The maximum absolute atomic E-state index is 12.2. The highest BCUT2D eigenvalue weighted by Gasteiger charge is 2.14. The summed E-state index contributed by atoms with van der Waals surface area (Å²) in [6, 6.07) is 7.90. The molecule has 2 nitrogen and oxygen atoms in total. The topological polar surface area (TPSA) is 26.3 Å². The van der Waals surface area contributed by atoms with E-state index in [1.165, 1.54) is 11.3 Å². The first kappa shape index (κ1) is 12.8. The Labute approximate surface area is 111 Å². The van der Waals surface area contributed by atoms with Gasteiger partial charge >= 0.3 is 0 Å². The first-order valence-electron chi connectivity index (χ1n) is 5.82. The molecule has 0 N–H and O–H groups in total. The highest BCUT2D eigenvalue weighted by molar-refractivity contribution is 7.12. The van der Waals surface area contributed by atoms with Crippen LogP contribution in [0.5, 0.6) is 5.75 Å². The van der Waals surface area contributed by atoms with Gasteiger partial charge in [-0.05, 0) is 36.9 Å². The molecule has 0 spiro atoms. The van der Waals surface area contributed by atoms with Gasteiger partial charge in [-0.25, -0.2) is 0 Å². The molecule has 3 heteroatoms. The number of carbonyl (C=O) groups is 1. The fraction of sp³-hybridized carbons (Fsp3) is 0.267. The number of ether oxygens (including phenoxy) is 1. The lowest BCUT2D eigenvalue weighted by molar-refractivity contribution is 0.0995. The summed E-state index contributed by atoms with van der Waals surface area (Å²) >= 11 is 1.50. The van der Waals surface area contributed by atoms with Crippen LogP contribution in [0, 0.1) is 13.8 Å². The molecular formula is C15H16O2S. The van der Waals surface area contributed by atoms with Gasteiger partial charge in [0, 0.05) is 12.0 Å². The number of thiophene rings is 1. The molecule has 94 valence electrons. The molecule has 0 saturated heterocycles. The second-order valence-corrected chi connectivity index (χ2v) is 5.26. The molecule has 0 aliphatic heterocycles. The van der Waals surface area contributed by atoms with Crippen molar-refractivity contribution in [3.63, 3.8) is 0 Å². The number of hydrogen-bond donors (Lipinski definition) is 0. The van der Waals surface area contributed by atoms with Gasteiger partial charge < -0.3 is 4.74 Å². The van der Waals surface area contributed by atoms with Crippen LogP contribution in [0.1, 0.15) is 26.4 Å². The summed E-state index contributed by atoms with van der Waals surface area (Å²) in [6.45, 7) is 3.99. The number of Topliss-reactive ketones (excluding diaryl/α,β-unsaturated/α-hetero) is 1. The normalized spacial score (nSPS) is 10.4. The molecule has 0 bridgehead atoms. The predicted octanol–water partition coefficient (Wildman–Crippen LogP) is 3.80. The van der Waals surface area contributed by atoms with Crippen LogP contribution in [0.3, 0.4) is 0 Å². The van der Waals surface area contributed by atoms with E-state index in [-0.39, 0.29) is 5.78 Å². The zero-order valence-electron chi connectivity index (χ0n) is 10.8. The van der Waals surface area contributed by atoms with Gasteiger partial charge in [-0.15, -0.1) is 11.3 Å². The van der Waals surface area contributed by atoms with E-state index in [0.29, 0.717) is 6.42 Å². The van der Waals surface area contributed by atoms with Gasteiger partial charge in [0.25, 0.3) is 0 Å². The zero-order valence-corrected chi connectivity index (χ0v) is 11.6. The monoisotopic (exact) mass is 260 g/mol. The number of methoxy groups -OCH3 is 1. The smallest absolute Gasteiger partial charge is 0.177 e. The van der Waals surface area contributed by atoms with Crippen molar-refractivity contribution in [2.75, 3.05) is 7.11 Å². The van der Waals surface area contributed by atoms with Gasteiger partial charge in [-0.3, -0.25) is 4.79 Å². The molecule has 0 saturated carbocycles. The van der Waals surface area contributed by atoms with E-state index in [1.54, 1.807) is 7.11 Å². The van der Waals surface area contributed by atoms with Crippen LogP contribution in [-0.4, -0.2) is 12.9 Å². The van der Waals surface area contributed by atoms with Crippen molar-refractivity contribution < 1.29 is 9.53 Å². The zero-order chi connectivity index (χ0) is 13.1. The molecule has 1 aromatic carbocycles. The highest BCUT2D eigenvalue weighted by atomic mass is 32.1. The number of aryl methyl sites for hydroxylation is 2. The summed E-state index contributed by atoms with van der Waals surface area (Å²) in [6.07, 6.45) is 0.395. The Morgan fingerprint density at radius 1 is 1.28 bits per heavy atom. The molecule has 0 atom stereocenters. The third-order valence-corrected chi connectivity index (χ3v) is 3.96. The van der Waals surface area contributed by atoms with Gasteiger partial charge in [0.2, 0.25) is 0 Å². The van der Waals surface area contributed by atoms with Crippen molar-refractivity contribution in [1.29, 1.82) is 0 Å². The number of rotatable bonds is 4. The van der Waals surface area contributed by atoms with Crippen molar-refractivity contribution >= 4 is 17.1 Å². The first-order chi connectivity index (χ1) is 8.61. The standard InChI is InChI=1S/C15H16O2S/c1-10-4-5-14(17-3)12(8-10)9-13(16)15-11(2)6-7-18-15/h4-8H,9H2,1-3H3. The molecule has 18 heavy (non-hydrogen) atoms. The van der Waals surface area contributed by atoms with E-state index >= 15 is 0 Å². The quantitative estimate of drug-likeness (QED) is 0.782. The Balaban J connectivity index is 2.27. The van der Waals surface area contributed by atoms with E-state index in [4.69, 9.17) is 4.74 Å². The van der Waals surface area contributed by atoms with Crippen molar-refractivity contribution in [3.05, 3.63) is 51.2 Å². The van der Waals surface area contributed by atoms with Gasteiger partial charge in [-0.1, -0.05) is 17.7 Å². The summed E-state index contributed by atoms with van der Waals surface area (Å²) < 4.78 is 5.30. The Kier molecular flexibility index (Phi) is 3.82. The molecule has 1 heterocycles. The summed E-state index contributed by atoms with van der Waals surface area (Å²) in [4.78, 5) is 13.1. The Morgan fingerprint density at radius 3 is 2.67 bits per heavy atom. The summed E-state index contributed by atoms with van der Waals surface area (Å²) in [5.41, 5.74) is 3.15.